The molecule has 0 atom stereocenters. The second-order valence-corrected chi connectivity index (χ2v) is 9.00. The van der Waals surface area contributed by atoms with Gasteiger partial charge in [-0.1, -0.05) is 129 Å². The van der Waals surface area contributed by atoms with E-state index in [1.165, 1.54) is 134 Å². The molecule has 0 saturated heterocycles. The average Bonchev–Trinajstić information content (AvgIpc) is 3.20. The third-order valence-corrected chi connectivity index (χ3v) is 6.29. The van der Waals surface area contributed by atoms with Gasteiger partial charge >= 0.3 is 0 Å². The Hall–Kier alpha value is -1.05. The summed E-state index contributed by atoms with van der Waals surface area (Å²) in [5, 5.41) is 0. The highest BCUT2D eigenvalue weighted by Gasteiger charge is 2.01. The van der Waals surface area contributed by atoms with Gasteiger partial charge in [0.05, 0.1) is 5.69 Å². The number of unbranched alkanes of at least 4 members (excludes halogenated alkanes) is 19. The molecule has 0 aromatic carbocycles. The van der Waals surface area contributed by atoms with Crippen molar-refractivity contribution in [2.24, 2.45) is 0 Å². The van der Waals surface area contributed by atoms with Crippen LogP contribution in [0.4, 0.5) is 0 Å². The van der Waals surface area contributed by atoms with Gasteiger partial charge in [0, 0.05) is 6.20 Å². The Morgan fingerprint density at radius 3 is 1.38 bits per heavy atom. The zero-order valence-corrected chi connectivity index (χ0v) is 19.5. The summed E-state index contributed by atoms with van der Waals surface area (Å²) in [4.78, 5) is 13.9. The van der Waals surface area contributed by atoms with E-state index in [1.54, 1.807) is 0 Å². The number of aromatic amines is 1. The topological polar surface area (TPSA) is 32.9 Å². The van der Waals surface area contributed by atoms with Gasteiger partial charge in [-0.3, -0.25) is 4.79 Å². The minimum atomic E-state index is 0.766. The molecule has 2 heteroatoms. The van der Waals surface area contributed by atoms with Crippen molar-refractivity contribution >= 4 is 6.29 Å². The van der Waals surface area contributed by atoms with E-state index in [0.29, 0.717) is 0 Å². The van der Waals surface area contributed by atoms with Crippen molar-refractivity contribution in [1.82, 2.24) is 4.98 Å². The molecule has 2 nitrogen and oxygen atoms in total. The summed E-state index contributed by atoms with van der Waals surface area (Å²) in [5.41, 5.74) is 1.95. The first kappa shape index (κ1) is 26.0. The quantitative estimate of drug-likeness (QED) is 0.152. The maximum Gasteiger partial charge on any atom is 0.166 e. The van der Waals surface area contributed by atoms with Gasteiger partial charge in [-0.2, -0.15) is 0 Å². The van der Waals surface area contributed by atoms with Crippen LogP contribution in [0.5, 0.6) is 0 Å². The molecule has 1 aromatic rings. The molecule has 168 valence electrons. The fourth-order valence-corrected chi connectivity index (χ4v) is 4.31. The van der Waals surface area contributed by atoms with Gasteiger partial charge in [0.25, 0.3) is 0 Å². The van der Waals surface area contributed by atoms with Crippen molar-refractivity contribution in [3.8, 4) is 0 Å². The second-order valence-electron chi connectivity index (χ2n) is 9.00. The minimum Gasteiger partial charge on any atom is -0.359 e. The smallest absolute Gasteiger partial charge is 0.166 e. The summed E-state index contributed by atoms with van der Waals surface area (Å²) in [7, 11) is 0. The Kier molecular flexibility index (Phi) is 18.1. The molecule has 0 spiro atoms. The SMILES string of the molecule is CCCCCCCCCCCCCCCCCCCCCCc1cc[nH]c1C=O. The van der Waals surface area contributed by atoms with E-state index in [9.17, 15) is 4.79 Å². The number of carbonyl (C=O) groups excluding carboxylic acids is 1. The van der Waals surface area contributed by atoms with E-state index in [1.807, 2.05) is 12.3 Å². The average molecular weight is 404 g/mol. The van der Waals surface area contributed by atoms with Crippen LogP contribution in [0.15, 0.2) is 12.3 Å². The summed E-state index contributed by atoms with van der Waals surface area (Å²) >= 11 is 0. The van der Waals surface area contributed by atoms with E-state index in [0.717, 1.165) is 18.4 Å². The Bertz CT molecular complexity index is 465. The third kappa shape index (κ3) is 15.5. The van der Waals surface area contributed by atoms with Crippen molar-refractivity contribution in [2.75, 3.05) is 0 Å². The molecule has 1 N–H and O–H groups in total. The van der Waals surface area contributed by atoms with Crippen molar-refractivity contribution in [3.63, 3.8) is 0 Å². The van der Waals surface area contributed by atoms with Crippen LogP contribution in [0.1, 0.15) is 151 Å². The summed E-state index contributed by atoms with van der Waals surface area (Å²) in [6.07, 6.45) is 32.2. The zero-order valence-electron chi connectivity index (χ0n) is 19.5. The third-order valence-electron chi connectivity index (χ3n) is 6.29. The Labute approximate surface area is 181 Å². The molecule has 0 aliphatic heterocycles. The number of H-pyrrole nitrogens is 1. The van der Waals surface area contributed by atoms with Crippen molar-refractivity contribution in [3.05, 3.63) is 23.5 Å². The Balaban J connectivity index is 1.70. The minimum absolute atomic E-state index is 0.766. The largest absolute Gasteiger partial charge is 0.359 e. The molecule has 1 heterocycles. The maximum atomic E-state index is 10.9. The summed E-state index contributed by atoms with van der Waals surface area (Å²) in [6.45, 7) is 2.29. The molecule has 0 radical (unpaired) electrons. The predicted molar refractivity (Wildman–Crippen MR) is 128 cm³/mol. The molecule has 0 amide bonds. The number of aldehydes is 1. The van der Waals surface area contributed by atoms with E-state index < -0.39 is 0 Å². The Morgan fingerprint density at radius 2 is 1.00 bits per heavy atom. The highest BCUT2D eigenvalue weighted by atomic mass is 16.1. The van der Waals surface area contributed by atoms with Crippen LogP contribution in [-0.4, -0.2) is 11.3 Å². The first-order chi connectivity index (χ1) is 14.4. The highest BCUT2D eigenvalue weighted by molar-refractivity contribution is 5.74. The van der Waals surface area contributed by atoms with E-state index in [4.69, 9.17) is 0 Å². The van der Waals surface area contributed by atoms with Crippen molar-refractivity contribution in [2.45, 2.75) is 142 Å². The lowest BCUT2D eigenvalue weighted by Gasteiger charge is -2.04. The van der Waals surface area contributed by atoms with E-state index in [-0.39, 0.29) is 0 Å². The molecule has 0 bridgehead atoms. The van der Waals surface area contributed by atoms with E-state index >= 15 is 0 Å². The predicted octanol–water partition coefficient (Wildman–Crippen LogP) is 9.19. The van der Waals surface area contributed by atoms with Gasteiger partial charge in [-0.15, -0.1) is 0 Å². The lowest BCUT2D eigenvalue weighted by Crippen LogP contribution is -1.90. The number of nitrogens with one attached hydrogen (secondary N) is 1. The normalized spacial score (nSPS) is 11.2. The molecule has 0 fully saturated rings. The number of rotatable bonds is 22. The van der Waals surface area contributed by atoms with Crippen LogP contribution in [0.25, 0.3) is 0 Å². The van der Waals surface area contributed by atoms with Crippen LogP contribution in [-0.2, 0) is 6.42 Å². The van der Waals surface area contributed by atoms with Crippen molar-refractivity contribution < 1.29 is 4.79 Å². The molecular formula is C27H49NO. The summed E-state index contributed by atoms with van der Waals surface area (Å²) < 4.78 is 0. The second kappa shape index (κ2) is 20.2. The lowest BCUT2D eigenvalue weighted by molar-refractivity contribution is 0.111. The number of carbonyl (C=O) groups is 1. The fraction of sp³-hybridized carbons (Fsp3) is 0.815. The zero-order chi connectivity index (χ0) is 20.8. The van der Waals surface area contributed by atoms with Gasteiger partial charge in [0.15, 0.2) is 6.29 Å². The molecule has 0 saturated carbocycles. The first-order valence-electron chi connectivity index (χ1n) is 13.0. The molecule has 0 unspecified atom stereocenters. The maximum absolute atomic E-state index is 10.9. The molecule has 1 aromatic heterocycles. The van der Waals surface area contributed by atoms with Crippen LogP contribution in [0.3, 0.4) is 0 Å². The lowest BCUT2D eigenvalue weighted by atomic mass is 10.0. The summed E-state index contributed by atoms with van der Waals surface area (Å²) in [6, 6.07) is 2.04. The Morgan fingerprint density at radius 1 is 0.621 bits per heavy atom. The van der Waals surface area contributed by atoms with Gasteiger partial charge < -0.3 is 4.98 Å². The van der Waals surface area contributed by atoms with Crippen molar-refractivity contribution in [1.29, 1.82) is 0 Å². The molecule has 0 aliphatic carbocycles. The highest BCUT2D eigenvalue weighted by Crippen LogP contribution is 2.15. The number of hydrogen-bond donors (Lipinski definition) is 1. The van der Waals surface area contributed by atoms with Gasteiger partial charge in [-0.05, 0) is 24.5 Å². The van der Waals surface area contributed by atoms with Gasteiger partial charge in [0.2, 0.25) is 0 Å². The van der Waals surface area contributed by atoms with E-state index in [2.05, 4.69) is 11.9 Å². The summed E-state index contributed by atoms with van der Waals surface area (Å²) in [5.74, 6) is 0. The number of aromatic nitrogens is 1. The van der Waals surface area contributed by atoms with Gasteiger partial charge in [0.1, 0.15) is 0 Å². The van der Waals surface area contributed by atoms with Crippen LogP contribution in [0, 0.1) is 0 Å². The molecule has 29 heavy (non-hydrogen) atoms. The van der Waals surface area contributed by atoms with Crippen LogP contribution in [0.2, 0.25) is 0 Å². The molecule has 1 rings (SSSR count). The number of aryl methyl sites for hydroxylation is 1. The first-order valence-corrected chi connectivity index (χ1v) is 13.0. The molecule has 0 aliphatic rings. The van der Waals surface area contributed by atoms with Crippen LogP contribution < -0.4 is 0 Å². The van der Waals surface area contributed by atoms with Gasteiger partial charge in [-0.25, -0.2) is 0 Å². The number of hydrogen-bond acceptors (Lipinski definition) is 1. The van der Waals surface area contributed by atoms with Crippen LogP contribution >= 0.6 is 0 Å². The molecular weight excluding hydrogens is 354 g/mol. The standard InChI is InChI=1S/C27H49NO/c1-2-3-4-5-6-7-8-9-10-11-12-13-14-15-16-17-18-19-20-21-22-26-23-24-28-27(26)25-29/h23-25,28H,2-22H2,1H3. The fourth-order valence-electron chi connectivity index (χ4n) is 4.31. The monoisotopic (exact) mass is 403 g/mol.